The lowest BCUT2D eigenvalue weighted by atomic mass is 10.3. The van der Waals surface area contributed by atoms with Crippen LogP contribution >= 0.6 is 24.0 Å². The molecule has 0 aromatic heterocycles. The third-order valence-electron chi connectivity index (χ3n) is 2.37. The van der Waals surface area contributed by atoms with Crippen LogP contribution in [0.2, 0.25) is 0 Å². The summed E-state index contributed by atoms with van der Waals surface area (Å²) < 4.78 is 18.9. The van der Waals surface area contributed by atoms with Gasteiger partial charge in [-0.3, -0.25) is 0 Å². The first kappa shape index (κ1) is 19.5. The molecule has 0 fully saturated rings. The molecule has 4 nitrogen and oxygen atoms in total. The first-order chi connectivity index (χ1) is 9.67. The van der Waals surface area contributed by atoms with Crippen LogP contribution in [0.25, 0.3) is 0 Å². The Hall–Kier alpha value is -1.49. The zero-order valence-corrected chi connectivity index (χ0v) is 14.6. The molecule has 1 rings (SSSR count). The molecule has 1 unspecified atom stereocenters. The molecule has 2 N–H and O–H groups in total. The predicted octanol–water partition coefficient (Wildman–Crippen LogP) is 2.40. The Balaban J connectivity index is 0.00000400. The molecule has 1 atom stereocenters. The number of rotatable bonds is 6. The average Bonchev–Trinajstić information content (AvgIpc) is 2.44. The van der Waals surface area contributed by atoms with Crippen LogP contribution in [0.1, 0.15) is 13.8 Å². The van der Waals surface area contributed by atoms with Gasteiger partial charge in [0.1, 0.15) is 6.10 Å². The van der Waals surface area contributed by atoms with Crippen molar-refractivity contribution in [3.05, 3.63) is 30.1 Å². The van der Waals surface area contributed by atoms with Crippen LogP contribution < -0.4 is 15.4 Å². The van der Waals surface area contributed by atoms with Crippen LogP contribution in [0.4, 0.5) is 4.39 Å². The minimum atomic E-state index is -0.374. The number of hydrogen-bond acceptors (Lipinski definition) is 2. The normalized spacial score (nSPS) is 11.8. The van der Waals surface area contributed by atoms with E-state index in [4.69, 9.17) is 11.2 Å². The van der Waals surface area contributed by atoms with Gasteiger partial charge in [0.05, 0.1) is 13.1 Å². The number of aliphatic imine (C=N–C) groups is 1. The summed E-state index contributed by atoms with van der Waals surface area (Å²) in [4.78, 5) is 4.33. The summed E-state index contributed by atoms with van der Waals surface area (Å²) in [6.07, 6.45) is 4.94. The fraction of sp³-hybridized carbons (Fsp3) is 0.400. The Bertz CT molecular complexity index is 488. The van der Waals surface area contributed by atoms with Crippen molar-refractivity contribution in [3.8, 4) is 18.1 Å². The highest BCUT2D eigenvalue weighted by atomic mass is 127. The molecule has 1 aromatic rings. The van der Waals surface area contributed by atoms with Crippen molar-refractivity contribution in [1.82, 2.24) is 10.6 Å². The van der Waals surface area contributed by atoms with Gasteiger partial charge in [-0.05, 0) is 26.0 Å². The fourth-order valence-corrected chi connectivity index (χ4v) is 1.49. The third kappa shape index (κ3) is 7.75. The standard InChI is InChI=1S/C15H20FN3O.HI/c1-4-10-18-15(17-5-2)19-11-12(3)20-14-9-7-6-8-13(14)16;/h1,6-9,12H,5,10-11H2,2-3H3,(H2,17,18,19);1H. The van der Waals surface area contributed by atoms with Crippen LogP contribution in [0.5, 0.6) is 5.75 Å². The Morgan fingerprint density at radius 3 is 2.76 bits per heavy atom. The van der Waals surface area contributed by atoms with Crippen LogP contribution in [-0.2, 0) is 0 Å². The SMILES string of the molecule is C#CCNC(=NCC(C)Oc1ccccc1F)NCC.I. The molecular formula is C15H21FIN3O. The van der Waals surface area contributed by atoms with E-state index >= 15 is 0 Å². The molecule has 0 bridgehead atoms. The molecule has 0 saturated carbocycles. The molecule has 0 radical (unpaired) electrons. The van der Waals surface area contributed by atoms with Crippen molar-refractivity contribution in [2.45, 2.75) is 20.0 Å². The monoisotopic (exact) mass is 405 g/mol. The maximum absolute atomic E-state index is 13.4. The summed E-state index contributed by atoms with van der Waals surface area (Å²) in [6.45, 7) is 5.33. The van der Waals surface area contributed by atoms with Gasteiger partial charge in [0, 0.05) is 6.54 Å². The lowest BCUT2D eigenvalue weighted by Crippen LogP contribution is -2.38. The van der Waals surface area contributed by atoms with Crippen LogP contribution in [-0.4, -0.2) is 31.7 Å². The lowest BCUT2D eigenvalue weighted by molar-refractivity contribution is 0.220. The van der Waals surface area contributed by atoms with E-state index in [1.165, 1.54) is 6.07 Å². The van der Waals surface area contributed by atoms with Crippen molar-refractivity contribution < 1.29 is 9.13 Å². The smallest absolute Gasteiger partial charge is 0.192 e. The van der Waals surface area contributed by atoms with Crippen molar-refractivity contribution in [2.75, 3.05) is 19.6 Å². The Labute approximate surface area is 142 Å². The van der Waals surface area contributed by atoms with Gasteiger partial charge in [0.2, 0.25) is 0 Å². The summed E-state index contributed by atoms with van der Waals surface area (Å²) in [7, 11) is 0. The van der Waals surface area contributed by atoms with E-state index in [-0.39, 0.29) is 41.6 Å². The molecule has 0 aliphatic heterocycles. The molecule has 0 amide bonds. The largest absolute Gasteiger partial charge is 0.486 e. The highest BCUT2D eigenvalue weighted by Crippen LogP contribution is 2.16. The zero-order valence-electron chi connectivity index (χ0n) is 12.2. The highest BCUT2D eigenvalue weighted by Gasteiger charge is 2.07. The second-order valence-corrected chi connectivity index (χ2v) is 4.14. The third-order valence-corrected chi connectivity index (χ3v) is 2.37. The topological polar surface area (TPSA) is 45.7 Å². The van der Waals surface area contributed by atoms with Crippen LogP contribution in [0.3, 0.4) is 0 Å². The van der Waals surface area contributed by atoms with E-state index in [1.54, 1.807) is 18.2 Å². The summed E-state index contributed by atoms with van der Waals surface area (Å²) in [5, 5.41) is 6.04. The second kappa shape index (κ2) is 11.2. The molecule has 0 spiro atoms. The van der Waals surface area contributed by atoms with E-state index in [9.17, 15) is 4.39 Å². The number of ether oxygens (including phenoxy) is 1. The van der Waals surface area contributed by atoms with E-state index in [2.05, 4.69) is 21.5 Å². The summed E-state index contributed by atoms with van der Waals surface area (Å²) in [5.74, 6) is 2.96. The number of nitrogens with zero attached hydrogens (tertiary/aromatic N) is 1. The predicted molar refractivity (Wildman–Crippen MR) is 94.7 cm³/mol. The molecule has 0 aliphatic rings. The minimum absolute atomic E-state index is 0. The molecule has 1 aromatic carbocycles. The maximum Gasteiger partial charge on any atom is 0.192 e. The zero-order chi connectivity index (χ0) is 14.8. The summed E-state index contributed by atoms with van der Waals surface area (Å²) in [6, 6.07) is 6.31. The molecule has 6 heteroatoms. The lowest BCUT2D eigenvalue weighted by Gasteiger charge is -2.14. The molecular weight excluding hydrogens is 384 g/mol. The van der Waals surface area contributed by atoms with Gasteiger partial charge < -0.3 is 15.4 Å². The average molecular weight is 405 g/mol. The number of guanidine groups is 1. The number of hydrogen-bond donors (Lipinski definition) is 2. The number of nitrogens with one attached hydrogen (secondary N) is 2. The molecule has 0 heterocycles. The minimum Gasteiger partial charge on any atom is -0.486 e. The maximum atomic E-state index is 13.4. The Kier molecular flexibility index (Phi) is 10.4. The van der Waals surface area contributed by atoms with Crippen LogP contribution in [0, 0.1) is 18.2 Å². The second-order valence-electron chi connectivity index (χ2n) is 4.14. The number of terminal acetylenes is 1. The quantitative estimate of drug-likeness (QED) is 0.331. The van der Waals surface area contributed by atoms with E-state index < -0.39 is 0 Å². The van der Waals surface area contributed by atoms with Gasteiger partial charge in [-0.2, -0.15) is 0 Å². The molecule has 0 saturated heterocycles. The Morgan fingerprint density at radius 2 is 2.14 bits per heavy atom. The summed E-state index contributed by atoms with van der Waals surface area (Å²) >= 11 is 0. The highest BCUT2D eigenvalue weighted by molar-refractivity contribution is 14.0. The van der Waals surface area contributed by atoms with Gasteiger partial charge in [-0.1, -0.05) is 18.1 Å². The van der Waals surface area contributed by atoms with Gasteiger partial charge in [-0.25, -0.2) is 9.38 Å². The van der Waals surface area contributed by atoms with Crippen molar-refractivity contribution >= 4 is 29.9 Å². The van der Waals surface area contributed by atoms with E-state index in [1.807, 2.05) is 13.8 Å². The van der Waals surface area contributed by atoms with Crippen molar-refractivity contribution in [1.29, 1.82) is 0 Å². The molecule has 116 valence electrons. The first-order valence-electron chi connectivity index (χ1n) is 6.54. The van der Waals surface area contributed by atoms with Gasteiger partial charge in [0.15, 0.2) is 17.5 Å². The van der Waals surface area contributed by atoms with Gasteiger partial charge in [0.25, 0.3) is 0 Å². The first-order valence-corrected chi connectivity index (χ1v) is 6.54. The number of para-hydroxylation sites is 1. The van der Waals surface area contributed by atoms with Gasteiger partial charge in [-0.15, -0.1) is 30.4 Å². The van der Waals surface area contributed by atoms with Crippen molar-refractivity contribution in [2.24, 2.45) is 4.99 Å². The van der Waals surface area contributed by atoms with E-state index in [0.29, 0.717) is 19.0 Å². The van der Waals surface area contributed by atoms with Crippen LogP contribution in [0.15, 0.2) is 29.3 Å². The molecule has 21 heavy (non-hydrogen) atoms. The van der Waals surface area contributed by atoms with E-state index in [0.717, 1.165) is 6.54 Å². The fourth-order valence-electron chi connectivity index (χ4n) is 1.49. The summed E-state index contributed by atoms with van der Waals surface area (Å²) in [5.41, 5.74) is 0. The van der Waals surface area contributed by atoms with Crippen molar-refractivity contribution in [3.63, 3.8) is 0 Å². The molecule has 0 aliphatic carbocycles. The number of halogens is 2. The van der Waals surface area contributed by atoms with Gasteiger partial charge >= 0.3 is 0 Å². The Morgan fingerprint density at radius 1 is 1.43 bits per heavy atom. The number of benzene rings is 1.